The van der Waals surface area contributed by atoms with Crippen LogP contribution in [0.5, 0.6) is 0 Å². The lowest BCUT2D eigenvalue weighted by molar-refractivity contribution is 0.0914. The van der Waals surface area contributed by atoms with E-state index in [-0.39, 0.29) is 17.8 Å². The summed E-state index contributed by atoms with van der Waals surface area (Å²) >= 11 is 1.56. The molecule has 1 aliphatic carbocycles. The Morgan fingerprint density at radius 3 is 2.95 bits per heavy atom. The van der Waals surface area contributed by atoms with E-state index >= 15 is 0 Å². The van der Waals surface area contributed by atoms with Crippen LogP contribution in [0.25, 0.3) is 10.6 Å². The van der Waals surface area contributed by atoms with Crippen LogP contribution in [0.2, 0.25) is 0 Å². The molecule has 2 aromatic rings. The lowest BCUT2D eigenvalue weighted by atomic mass is 9.74. The van der Waals surface area contributed by atoms with Crippen molar-refractivity contribution in [2.24, 2.45) is 5.41 Å². The molecule has 2 aromatic heterocycles. The molecule has 0 atom stereocenters. The van der Waals surface area contributed by atoms with Gasteiger partial charge in [0.15, 0.2) is 5.78 Å². The summed E-state index contributed by atoms with van der Waals surface area (Å²) in [6.07, 6.45) is 3.16. The van der Waals surface area contributed by atoms with Gasteiger partial charge in [-0.3, -0.25) is 9.89 Å². The maximum atomic E-state index is 12.5. The van der Waals surface area contributed by atoms with Crippen molar-refractivity contribution in [3.63, 3.8) is 0 Å². The van der Waals surface area contributed by atoms with Crippen LogP contribution >= 0.6 is 11.3 Å². The van der Waals surface area contributed by atoms with Crippen molar-refractivity contribution < 1.29 is 9.90 Å². The molecule has 0 fully saturated rings. The van der Waals surface area contributed by atoms with Crippen molar-refractivity contribution in [3.05, 3.63) is 23.4 Å². The minimum atomic E-state index is -0.0197. The van der Waals surface area contributed by atoms with Crippen molar-refractivity contribution in [2.75, 3.05) is 18.5 Å². The van der Waals surface area contributed by atoms with Gasteiger partial charge in [0.2, 0.25) is 0 Å². The smallest absolute Gasteiger partial charge is 0.166 e. The fourth-order valence-electron chi connectivity index (χ4n) is 2.89. The molecule has 112 valence electrons. The van der Waals surface area contributed by atoms with Gasteiger partial charge < -0.3 is 10.4 Å². The molecule has 1 aliphatic rings. The Kier molecular flexibility index (Phi) is 3.59. The number of carbonyl (C=O) groups excluding carboxylic acids is 1. The van der Waals surface area contributed by atoms with Crippen molar-refractivity contribution in [1.82, 2.24) is 10.2 Å². The number of anilines is 1. The molecule has 0 bridgehead atoms. The third-order valence-electron chi connectivity index (χ3n) is 3.72. The van der Waals surface area contributed by atoms with Crippen molar-refractivity contribution in [3.8, 4) is 10.6 Å². The lowest BCUT2D eigenvalue weighted by Crippen LogP contribution is -2.27. The molecule has 0 aromatic carbocycles. The van der Waals surface area contributed by atoms with E-state index in [1.54, 1.807) is 17.5 Å². The zero-order valence-electron chi connectivity index (χ0n) is 12.2. The number of Topliss-reactive ketones (excluding diaryl/α,β-unsaturated/α-hetero) is 1. The second-order valence-electron chi connectivity index (χ2n) is 6.18. The van der Waals surface area contributed by atoms with Crippen LogP contribution in [0, 0.1) is 5.41 Å². The first-order valence-corrected chi connectivity index (χ1v) is 7.87. The average Bonchev–Trinajstić information content (AvgIpc) is 3.01. The molecule has 0 radical (unpaired) electrons. The van der Waals surface area contributed by atoms with Crippen molar-refractivity contribution in [1.29, 1.82) is 0 Å². The van der Waals surface area contributed by atoms with E-state index in [1.807, 2.05) is 6.07 Å². The highest BCUT2D eigenvalue weighted by Crippen LogP contribution is 2.47. The highest BCUT2D eigenvalue weighted by atomic mass is 32.1. The second-order valence-corrected chi connectivity index (χ2v) is 7.20. The Balaban J connectivity index is 2.12. The Labute approximate surface area is 127 Å². The summed E-state index contributed by atoms with van der Waals surface area (Å²) in [5.41, 5.74) is 2.83. The molecule has 6 heteroatoms. The number of nitrogens with one attached hydrogen (secondary N) is 2. The van der Waals surface area contributed by atoms with Gasteiger partial charge in [-0.15, -0.1) is 11.3 Å². The molecule has 0 saturated heterocycles. The Morgan fingerprint density at radius 1 is 1.48 bits per heavy atom. The molecule has 0 amide bonds. The molecule has 0 aliphatic heterocycles. The molecular weight excluding hydrogens is 286 g/mol. The quantitative estimate of drug-likeness (QED) is 0.811. The fourth-order valence-corrected chi connectivity index (χ4v) is 4.13. The van der Waals surface area contributed by atoms with Gasteiger partial charge in [-0.05, 0) is 23.5 Å². The van der Waals surface area contributed by atoms with E-state index in [2.05, 4.69) is 29.4 Å². The maximum Gasteiger partial charge on any atom is 0.166 e. The molecule has 3 rings (SSSR count). The van der Waals surface area contributed by atoms with Gasteiger partial charge in [-0.25, -0.2) is 0 Å². The number of thiophene rings is 1. The number of H-pyrrole nitrogens is 1. The van der Waals surface area contributed by atoms with Gasteiger partial charge in [0.25, 0.3) is 0 Å². The molecule has 0 spiro atoms. The fraction of sp³-hybridized carbons (Fsp3) is 0.467. The zero-order chi connectivity index (χ0) is 15.0. The van der Waals surface area contributed by atoms with Crippen molar-refractivity contribution >= 4 is 22.1 Å². The number of aliphatic hydroxyl groups excluding tert-OH is 1. The standard InChI is InChI=1S/C15H19N3O2S/c1-15(2)7-9-12(11(20)8-15)14(16-5-6-19)21-13(9)10-3-4-17-18-10/h3-4,16,19H,5-8H2,1-2H3,(H,17,18). The summed E-state index contributed by atoms with van der Waals surface area (Å²) in [6.45, 7) is 4.75. The lowest BCUT2D eigenvalue weighted by Gasteiger charge is -2.29. The topological polar surface area (TPSA) is 78.0 Å². The average molecular weight is 305 g/mol. The summed E-state index contributed by atoms with van der Waals surface area (Å²) in [7, 11) is 0. The number of hydrogen-bond donors (Lipinski definition) is 3. The van der Waals surface area contributed by atoms with E-state index in [1.165, 1.54) is 0 Å². The first-order chi connectivity index (χ1) is 10.0. The van der Waals surface area contributed by atoms with E-state index in [0.717, 1.165) is 33.1 Å². The summed E-state index contributed by atoms with van der Waals surface area (Å²) in [5.74, 6) is 0.184. The number of fused-ring (bicyclic) bond motifs is 1. The summed E-state index contributed by atoms with van der Waals surface area (Å²) < 4.78 is 0. The van der Waals surface area contributed by atoms with Gasteiger partial charge in [0.05, 0.1) is 22.7 Å². The molecular formula is C15H19N3O2S. The highest BCUT2D eigenvalue weighted by Gasteiger charge is 2.36. The normalized spacial score (nSPS) is 16.8. The molecule has 5 nitrogen and oxygen atoms in total. The van der Waals surface area contributed by atoms with Crippen LogP contribution in [0.1, 0.15) is 36.2 Å². The van der Waals surface area contributed by atoms with Gasteiger partial charge >= 0.3 is 0 Å². The minimum absolute atomic E-state index is 0.0197. The van der Waals surface area contributed by atoms with Crippen LogP contribution in [0.3, 0.4) is 0 Å². The van der Waals surface area contributed by atoms with E-state index in [0.29, 0.717) is 13.0 Å². The number of nitrogens with zero attached hydrogens (tertiary/aromatic N) is 1. The second kappa shape index (κ2) is 5.27. The number of aromatic nitrogens is 2. The molecule has 0 unspecified atom stereocenters. The number of aromatic amines is 1. The maximum absolute atomic E-state index is 12.5. The van der Waals surface area contributed by atoms with Gasteiger partial charge in [-0.2, -0.15) is 5.10 Å². The first-order valence-electron chi connectivity index (χ1n) is 7.05. The van der Waals surface area contributed by atoms with Crippen LogP contribution in [-0.2, 0) is 6.42 Å². The van der Waals surface area contributed by atoms with E-state index in [4.69, 9.17) is 5.11 Å². The zero-order valence-corrected chi connectivity index (χ0v) is 13.0. The predicted molar refractivity (Wildman–Crippen MR) is 83.9 cm³/mol. The predicted octanol–water partition coefficient (Wildman–Crippen LogP) is 2.70. The van der Waals surface area contributed by atoms with Crippen LogP contribution in [0.15, 0.2) is 12.3 Å². The molecule has 3 N–H and O–H groups in total. The third kappa shape index (κ3) is 2.61. The van der Waals surface area contributed by atoms with Gasteiger partial charge in [0, 0.05) is 19.2 Å². The van der Waals surface area contributed by atoms with Gasteiger partial charge in [-0.1, -0.05) is 13.8 Å². The largest absolute Gasteiger partial charge is 0.395 e. The van der Waals surface area contributed by atoms with Crippen LogP contribution < -0.4 is 5.32 Å². The number of ketones is 1. The summed E-state index contributed by atoms with van der Waals surface area (Å²) in [4.78, 5) is 13.6. The van der Waals surface area contributed by atoms with Crippen LogP contribution in [-0.4, -0.2) is 34.2 Å². The first kappa shape index (κ1) is 14.3. The third-order valence-corrected chi connectivity index (χ3v) is 4.95. The van der Waals surface area contributed by atoms with E-state index in [9.17, 15) is 4.79 Å². The highest BCUT2D eigenvalue weighted by molar-refractivity contribution is 7.20. The number of rotatable bonds is 4. The number of aliphatic hydroxyl groups is 1. The minimum Gasteiger partial charge on any atom is -0.395 e. The molecule has 2 heterocycles. The summed E-state index contributed by atoms with van der Waals surface area (Å²) in [6, 6.07) is 1.92. The van der Waals surface area contributed by atoms with Gasteiger partial charge in [0.1, 0.15) is 5.00 Å². The number of carbonyl (C=O) groups is 1. The summed E-state index contributed by atoms with van der Waals surface area (Å²) in [5, 5.41) is 20.1. The Bertz CT molecular complexity index is 659. The van der Waals surface area contributed by atoms with Crippen molar-refractivity contribution in [2.45, 2.75) is 26.7 Å². The Hall–Kier alpha value is -1.66. The molecule has 21 heavy (non-hydrogen) atoms. The SMILES string of the molecule is CC1(C)CC(=O)c2c(NCCO)sc(-c3ccn[nH]3)c2C1. The van der Waals surface area contributed by atoms with E-state index < -0.39 is 0 Å². The monoisotopic (exact) mass is 305 g/mol. The number of hydrogen-bond acceptors (Lipinski definition) is 5. The Morgan fingerprint density at radius 2 is 2.29 bits per heavy atom. The molecule has 0 saturated carbocycles. The van der Waals surface area contributed by atoms with Crippen LogP contribution in [0.4, 0.5) is 5.00 Å².